The van der Waals surface area contributed by atoms with Crippen molar-refractivity contribution in [1.82, 2.24) is 24.9 Å². The molecule has 5 N–H and O–H groups in total. The van der Waals surface area contributed by atoms with E-state index in [2.05, 4.69) is 31.0 Å². The summed E-state index contributed by atoms with van der Waals surface area (Å²) in [7, 11) is 0. The Labute approximate surface area is 195 Å². The third-order valence-corrected chi connectivity index (χ3v) is 5.40. The van der Waals surface area contributed by atoms with Gasteiger partial charge in [0.15, 0.2) is 5.65 Å². The minimum atomic E-state index is -1.63. The monoisotopic (exact) mass is 473 g/mol. The Kier molecular flexibility index (Phi) is 6.91. The largest absolute Gasteiger partial charge is 0.395 e. The summed E-state index contributed by atoms with van der Waals surface area (Å²) in [6, 6.07) is 5.30. The molecular formula is C22H28FN7O4. The second-order valence-electron chi connectivity index (χ2n) is 8.61. The molecule has 182 valence electrons. The molecule has 1 amide bonds. The molecule has 1 fully saturated rings. The molecule has 11 nitrogen and oxygen atoms in total. The predicted molar refractivity (Wildman–Crippen MR) is 124 cm³/mol. The van der Waals surface area contributed by atoms with E-state index in [-0.39, 0.29) is 24.8 Å². The van der Waals surface area contributed by atoms with Gasteiger partial charge in [0.25, 0.3) is 5.91 Å². The second kappa shape index (κ2) is 9.87. The summed E-state index contributed by atoms with van der Waals surface area (Å²) in [5, 5.41) is 32.1. The first-order valence-corrected chi connectivity index (χ1v) is 10.9. The molecule has 0 spiro atoms. The molecule has 1 aliphatic heterocycles. The lowest BCUT2D eigenvalue weighted by Crippen LogP contribution is -2.43. The molecule has 4 heterocycles. The second-order valence-corrected chi connectivity index (χ2v) is 8.61. The van der Waals surface area contributed by atoms with Crippen molar-refractivity contribution in [2.24, 2.45) is 0 Å². The van der Waals surface area contributed by atoms with Gasteiger partial charge < -0.3 is 30.9 Å². The van der Waals surface area contributed by atoms with E-state index in [0.29, 0.717) is 48.3 Å². The molecule has 12 heteroatoms. The highest BCUT2D eigenvalue weighted by atomic mass is 19.1. The van der Waals surface area contributed by atoms with Crippen LogP contribution in [0, 0.1) is 0 Å². The van der Waals surface area contributed by atoms with Crippen molar-refractivity contribution < 1.29 is 24.1 Å². The third kappa shape index (κ3) is 5.24. The average Bonchev–Trinajstić information content (AvgIpc) is 3.20. The van der Waals surface area contributed by atoms with Crippen LogP contribution in [-0.4, -0.2) is 86.4 Å². The van der Waals surface area contributed by atoms with Gasteiger partial charge >= 0.3 is 0 Å². The highest BCUT2D eigenvalue weighted by Crippen LogP contribution is 2.26. The van der Waals surface area contributed by atoms with Gasteiger partial charge in [-0.1, -0.05) is 0 Å². The Hall–Kier alpha value is -3.35. The Morgan fingerprint density at radius 1 is 1.32 bits per heavy atom. The molecule has 4 rings (SSSR count). The highest BCUT2D eigenvalue weighted by Gasteiger charge is 2.28. The third-order valence-electron chi connectivity index (χ3n) is 5.40. The summed E-state index contributed by atoms with van der Waals surface area (Å²) >= 11 is 0. The number of alkyl halides is 1. The van der Waals surface area contributed by atoms with Gasteiger partial charge in [0, 0.05) is 12.7 Å². The molecule has 0 bridgehead atoms. The number of hydrogen-bond donors (Lipinski definition) is 5. The van der Waals surface area contributed by atoms with Gasteiger partial charge in [-0.2, -0.15) is 0 Å². The first kappa shape index (κ1) is 23.8. The summed E-state index contributed by atoms with van der Waals surface area (Å²) in [5.74, 6) is 0.0507. The van der Waals surface area contributed by atoms with Crippen LogP contribution in [0.25, 0.3) is 17.0 Å². The Bertz CT molecular complexity index is 1160. The summed E-state index contributed by atoms with van der Waals surface area (Å²) in [6.07, 6.45) is 1.42. The first-order valence-electron chi connectivity index (χ1n) is 10.9. The van der Waals surface area contributed by atoms with E-state index in [9.17, 15) is 14.3 Å². The Morgan fingerprint density at radius 2 is 2.12 bits per heavy atom. The van der Waals surface area contributed by atoms with Gasteiger partial charge in [-0.3, -0.25) is 9.78 Å². The normalized spacial score (nSPS) is 15.1. The number of carbonyl (C=O) groups is 1. The maximum absolute atomic E-state index is 14.1. The number of imidazole rings is 1. The summed E-state index contributed by atoms with van der Waals surface area (Å²) in [4.78, 5) is 21.6. The van der Waals surface area contributed by atoms with Crippen LogP contribution in [0.4, 0.5) is 15.9 Å². The zero-order valence-electron chi connectivity index (χ0n) is 19.0. The van der Waals surface area contributed by atoms with Gasteiger partial charge in [0.05, 0.1) is 61.1 Å². The van der Waals surface area contributed by atoms with Crippen LogP contribution in [0.5, 0.6) is 0 Å². The molecule has 3 aromatic rings. The first-order chi connectivity index (χ1) is 16.3. The number of pyridine rings is 1. The van der Waals surface area contributed by atoms with Gasteiger partial charge in [0.1, 0.15) is 17.7 Å². The van der Waals surface area contributed by atoms with Gasteiger partial charge in [-0.05, 0) is 32.0 Å². The number of nitrogens with zero attached hydrogens (tertiary/aromatic N) is 4. The number of rotatable bonds is 10. The maximum atomic E-state index is 14.1. The number of aromatic nitrogens is 4. The predicted octanol–water partition coefficient (Wildman–Crippen LogP) is 0.845. The fourth-order valence-electron chi connectivity index (χ4n) is 3.29. The molecule has 3 aromatic heterocycles. The highest BCUT2D eigenvalue weighted by molar-refractivity contribution is 6.00. The topological polar surface area (TPSA) is 146 Å². The summed E-state index contributed by atoms with van der Waals surface area (Å²) in [6.45, 7) is 3.69. The number of hydrogen-bond acceptors (Lipinski definition) is 9. The summed E-state index contributed by atoms with van der Waals surface area (Å²) in [5.41, 5.74) is 0.924. The Morgan fingerprint density at radius 3 is 2.79 bits per heavy atom. The van der Waals surface area contributed by atoms with Crippen molar-refractivity contribution in [3.63, 3.8) is 0 Å². The van der Waals surface area contributed by atoms with Crippen molar-refractivity contribution in [3.8, 4) is 11.4 Å². The molecule has 1 aliphatic rings. The van der Waals surface area contributed by atoms with E-state index >= 15 is 0 Å². The zero-order valence-corrected chi connectivity index (χ0v) is 19.0. The van der Waals surface area contributed by atoms with E-state index < -0.39 is 17.7 Å². The fraction of sp³-hybridized carbons (Fsp3) is 0.455. The lowest BCUT2D eigenvalue weighted by atomic mass is 10.0. The number of aliphatic hydroxyl groups excluding tert-OH is 1. The standard InChI is InChI=1S/C22H28FN7O4/c1-22(2,33)18(23)10-27-21(32)14-8-25-16(7-15(14)28-13-11-34-12-13)17-9-26-20-4-3-19(24-5-6-31)29-30(17)20/h3-4,7-9,13,18,31,33H,5-6,10-12H2,1-2H3,(H,24,29)(H,25,28)(H,27,32)/t18-/m1/s1. The lowest BCUT2D eigenvalue weighted by molar-refractivity contribution is -0.00178. The van der Waals surface area contributed by atoms with Crippen molar-refractivity contribution in [2.75, 3.05) is 43.5 Å². The van der Waals surface area contributed by atoms with Crippen LogP contribution in [0.15, 0.2) is 30.6 Å². The van der Waals surface area contributed by atoms with E-state index in [1.54, 1.807) is 28.9 Å². The Balaban J connectivity index is 1.63. The number of nitrogens with one attached hydrogen (secondary N) is 3. The fourth-order valence-corrected chi connectivity index (χ4v) is 3.29. The molecule has 1 saturated heterocycles. The molecule has 0 aromatic carbocycles. The van der Waals surface area contributed by atoms with Crippen molar-refractivity contribution in [3.05, 3.63) is 36.2 Å². The quantitative estimate of drug-likeness (QED) is 0.289. The van der Waals surface area contributed by atoms with Crippen LogP contribution in [-0.2, 0) is 4.74 Å². The lowest BCUT2D eigenvalue weighted by Gasteiger charge is -2.29. The number of carbonyl (C=O) groups excluding carboxylic acids is 1. The van der Waals surface area contributed by atoms with E-state index in [1.165, 1.54) is 20.0 Å². The maximum Gasteiger partial charge on any atom is 0.255 e. The van der Waals surface area contributed by atoms with Gasteiger partial charge in [0.2, 0.25) is 0 Å². The smallest absolute Gasteiger partial charge is 0.255 e. The van der Waals surface area contributed by atoms with Crippen LogP contribution in [0.2, 0.25) is 0 Å². The van der Waals surface area contributed by atoms with Gasteiger partial charge in [-0.15, -0.1) is 5.10 Å². The number of anilines is 2. The van der Waals surface area contributed by atoms with Crippen molar-refractivity contribution in [1.29, 1.82) is 0 Å². The van der Waals surface area contributed by atoms with E-state index in [1.807, 2.05) is 0 Å². The molecular weight excluding hydrogens is 445 g/mol. The van der Waals surface area contributed by atoms with Gasteiger partial charge in [-0.25, -0.2) is 13.9 Å². The SMILES string of the molecule is CC(C)(O)[C@H](F)CNC(=O)c1cnc(-c2cnc3ccc(NCCO)nn23)cc1NC1COC1. The van der Waals surface area contributed by atoms with E-state index in [4.69, 9.17) is 9.84 Å². The minimum absolute atomic E-state index is 0.0273. The van der Waals surface area contributed by atoms with Crippen molar-refractivity contribution in [2.45, 2.75) is 31.7 Å². The average molecular weight is 474 g/mol. The molecule has 1 atom stereocenters. The molecule has 0 unspecified atom stereocenters. The molecule has 0 radical (unpaired) electrons. The van der Waals surface area contributed by atoms with E-state index in [0.717, 1.165) is 0 Å². The van der Waals surface area contributed by atoms with Crippen molar-refractivity contribution >= 4 is 23.1 Å². The molecule has 0 saturated carbocycles. The zero-order chi connectivity index (χ0) is 24.3. The van der Waals surface area contributed by atoms with Crippen LogP contribution < -0.4 is 16.0 Å². The molecule has 0 aliphatic carbocycles. The number of aliphatic hydroxyl groups is 2. The molecule has 34 heavy (non-hydrogen) atoms. The minimum Gasteiger partial charge on any atom is -0.395 e. The number of halogens is 1. The van der Waals surface area contributed by atoms with Crippen LogP contribution in [0.3, 0.4) is 0 Å². The number of ether oxygens (including phenoxy) is 1. The van der Waals surface area contributed by atoms with Crippen LogP contribution in [0.1, 0.15) is 24.2 Å². The number of fused-ring (bicyclic) bond motifs is 1. The number of amides is 1. The van der Waals surface area contributed by atoms with Crippen LogP contribution >= 0.6 is 0 Å². The summed E-state index contributed by atoms with van der Waals surface area (Å²) < 4.78 is 21.0.